The van der Waals surface area contributed by atoms with Gasteiger partial charge in [-0.3, -0.25) is 9.48 Å². The quantitative estimate of drug-likeness (QED) is 0.882. The van der Waals surface area contributed by atoms with Gasteiger partial charge in [0.15, 0.2) is 0 Å². The van der Waals surface area contributed by atoms with Gasteiger partial charge in [-0.25, -0.2) is 0 Å². The van der Waals surface area contributed by atoms with Crippen LogP contribution in [0.15, 0.2) is 30.5 Å². The lowest BCUT2D eigenvalue weighted by molar-refractivity contribution is 0.0941. The van der Waals surface area contributed by atoms with Gasteiger partial charge in [0.05, 0.1) is 24.9 Å². The van der Waals surface area contributed by atoms with Crippen molar-refractivity contribution in [2.24, 2.45) is 7.05 Å². The van der Waals surface area contributed by atoms with E-state index in [0.717, 1.165) is 17.0 Å². The third-order valence-corrected chi connectivity index (χ3v) is 4.04. The van der Waals surface area contributed by atoms with Crippen LogP contribution in [0.25, 0.3) is 0 Å². The van der Waals surface area contributed by atoms with Gasteiger partial charge >= 0.3 is 0 Å². The molecule has 0 radical (unpaired) electrons. The van der Waals surface area contributed by atoms with Crippen molar-refractivity contribution in [3.05, 3.63) is 47.3 Å². The smallest absolute Gasteiger partial charge is 0.254 e. The highest BCUT2D eigenvalue weighted by atomic mass is 16.5. The number of nitrogens with zero attached hydrogens (tertiary/aromatic N) is 3. The summed E-state index contributed by atoms with van der Waals surface area (Å²) in [6.45, 7) is 2.39. The molecule has 0 fully saturated rings. The number of rotatable bonds is 6. The van der Waals surface area contributed by atoms with Crippen LogP contribution < -0.4 is 10.1 Å². The van der Waals surface area contributed by atoms with Crippen LogP contribution in [0, 0.1) is 6.92 Å². The topological polar surface area (TPSA) is 59.4 Å². The minimum absolute atomic E-state index is 0.0611. The lowest BCUT2D eigenvalue weighted by Gasteiger charge is -2.25. The predicted octanol–water partition coefficient (Wildman–Crippen LogP) is 1.77. The number of amides is 1. The largest absolute Gasteiger partial charge is 0.497 e. The third-order valence-electron chi connectivity index (χ3n) is 4.04. The highest BCUT2D eigenvalue weighted by Gasteiger charge is 2.18. The molecule has 1 N–H and O–H groups in total. The van der Waals surface area contributed by atoms with Crippen LogP contribution in [-0.2, 0) is 7.05 Å². The standard InChI is InChI=1S/C17H24N4O2/c1-12-15(10-19-21(12)4)17(22)18-11-16(20(2)3)13-7-6-8-14(9-13)23-5/h6-10,16H,11H2,1-5H3,(H,18,22). The molecule has 0 aliphatic carbocycles. The molecule has 0 saturated heterocycles. The molecular formula is C17H24N4O2. The Bertz CT molecular complexity index is 679. The van der Waals surface area contributed by atoms with E-state index in [1.165, 1.54) is 0 Å². The minimum Gasteiger partial charge on any atom is -0.497 e. The summed E-state index contributed by atoms with van der Waals surface area (Å²) in [5.41, 5.74) is 2.55. The van der Waals surface area contributed by atoms with E-state index in [1.807, 2.05) is 52.3 Å². The van der Waals surface area contributed by atoms with E-state index in [0.29, 0.717) is 12.1 Å². The Kier molecular flexibility index (Phi) is 5.39. The molecule has 2 rings (SSSR count). The number of carbonyl (C=O) groups excluding carboxylic acids is 1. The van der Waals surface area contributed by atoms with Gasteiger partial charge in [0, 0.05) is 19.3 Å². The van der Waals surface area contributed by atoms with Crippen LogP contribution in [0.5, 0.6) is 5.75 Å². The molecule has 1 atom stereocenters. The summed E-state index contributed by atoms with van der Waals surface area (Å²) in [6, 6.07) is 7.96. The molecule has 23 heavy (non-hydrogen) atoms. The molecule has 0 aliphatic rings. The van der Waals surface area contributed by atoms with Gasteiger partial charge in [0.25, 0.3) is 5.91 Å². The van der Waals surface area contributed by atoms with E-state index in [4.69, 9.17) is 4.74 Å². The highest BCUT2D eigenvalue weighted by Crippen LogP contribution is 2.22. The number of carbonyl (C=O) groups is 1. The fraction of sp³-hybridized carbons (Fsp3) is 0.412. The summed E-state index contributed by atoms with van der Waals surface area (Å²) < 4.78 is 6.98. The molecule has 124 valence electrons. The molecule has 1 aromatic heterocycles. The molecule has 0 bridgehead atoms. The lowest BCUT2D eigenvalue weighted by atomic mass is 10.1. The summed E-state index contributed by atoms with van der Waals surface area (Å²) in [7, 11) is 7.46. The average Bonchev–Trinajstić information content (AvgIpc) is 2.87. The first kappa shape index (κ1) is 17.0. The molecule has 2 aromatic rings. The number of aryl methyl sites for hydroxylation is 1. The Morgan fingerprint density at radius 1 is 1.43 bits per heavy atom. The van der Waals surface area contributed by atoms with Crippen molar-refractivity contribution < 1.29 is 9.53 Å². The molecule has 6 heteroatoms. The highest BCUT2D eigenvalue weighted by molar-refractivity contribution is 5.95. The lowest BCUT2D eigenvalue weighted by Crippen LogP contribution is -2.34. The Balaban J connectivity index is 2.11. The minimum atomic E-state index is -0.106. The zero-order valence-electron chi connectivity index (χ0n) is 14.3. The van der Waals surface area contributed by atoms with E-state index in [1.54, 1.807) is 18.0 Å². The van der Waals surface area contributed by atoms with Crippen LogP contribution in [0.1, 0.15) is 27.7 Å². The number of aromatic nitrogens is 2. The number of methoxy groups -OCH3 is 1. The maximum Gasteiger partial charge on any atom is 0.254 e. The number of nitrogens with one attached hydrogen (secondary N) is 1. The molecule has 0 aliphatic heterocycles. The van der Waals surface area contributed by atoms with Gasteiger partial charge in [-0.05, 0) is 38.7 Å². The van der Waals surface area contributed by atoms with E-state index in [2.05, 4.69) is 15.3 Å². The summed E-state index contributed by atoms with van der Waals surface area (Å²) in [5.74, 6) is 0.703. The van der Waals surface area contributed by atoms with Crippen molar-refractivity contribution in [1.82, 2.24) is 20.0 Å². The van der Waals surface area contributed by atoms with Crippen LogP contribution >= 0.6 is 0 Å². The second kappa shape index (κ2) is 7.28. The normalized spacial score (nSPS) is 12.3. The second-order valence-electron chi connectivity index (χ2n) is 5.73. The van der Waals surface area contributed by atoms with Crippen LogP contribution in [0.2, 0.25) is 0 Å². The van der Waals surface area contributed by atoms with Crippen molar-refractivity contribution >= 4 is 5.91 Å². The summed E-state index contributed by atoms with van der Waals surface area (Å²) in [6.07, 6.45) is 1.60. The monoisotopic (exact) mass is 316 g/mol. The van der Waals surface area contributed by atoms with Crippen LogP contribution in [-0.4, -0.2) is 48.3 Å². The van der Waals surface area contributed by atoms with Crippen molar-refractivity contribution in [2.75, 3.05) is 27.7 Å². The van der Waals surface area contributed by atoms with Gasteiger partial charge in [0.2, 0.25) is 0 Å². The summed E-state index contributed by atoms with van der Waals surface area (Å²) >= 11 is 0. The predicted molar refractivity (Wildman–Crippen MR) is 89.7 cm³/mol. The molecule has 6 nitrogen and oxygen atoms in total. The Hall–Kier alpha value is -2.34. The van der Waals surface area contributed by atoms with E-state index < -0.39 is 0 Å². The summed E-state index contributed by atoms with van der Waals surface area (Å²) in [5, 5.41) is 7.10. The average molecular weight is 316 g/mol. The fourth-order valence-electron chi connectivity index (χ4n) is 2.45. The number of benzene rings is 1. The van der Waals surface area contributed by atoms with Gasteiger partial charge in [-0.1, -0.05) is 12.1 Å². The van der Waals surface area contributed by atoms with E-state index in [9.17, 15) is 4.79 Å². The van der Waals surface area contributed by atoms with E-state index >= 15 is 0 Å². The molecule has 1 aromatic carbocycles. The Morgan fingerprint density at radius 2 is 2.17 bits per heavy atom. The Labute approximate surface area is 137 Å². The number of ether oxygens (including phenoxy) is 1. The first-order valence-corrected chi connectivity index (χ1v) is 7.51. The number of hydrogen-bond donors (Lipinski definition) is 1. The van der Waals surface area contributed by atoms with Crippen LogP contribution in [0.3, 0.4) is 0 Å². The zero-order valence-corrected chi connectivity index (χ0v) is 14.3. The first-order chi connectivity index (χ1) is 10.9. The molecule has 0 saturated carbocycles. The SMILES string of the molecule is COc1cccc(C(CNC(=O)c2cnn(C)c2C)N(C)C)c1. The molecule has 1 amide bonds. The second-order valence-corrected chi connectivity index (χ2v) is 5.73. The third kappa shape index (κ3) is 3.90. The Morgan fingerprint density at radius 3 is 2.74 bits per heavy atom. The zero-order chi connectivity index (χ0) is 17.0. The van der Waals surface area contributed by atoms with Crippen molar-refractivity contribution in [3.63, 3.8) is 0 Å². The van der Waals surface area contributed by atoms with Gasteiger partial charge in [-0.15, -0.1) is 0 Å². The van der Waals surface area contributed by atoms with Gasteiger partial charge in [-0.2, -0.15) is 5.10 Å². The van der Waals surface area contributed by atoms with Crippen molar-refractivity contribution in [2.45, 2.75) is 13.0 Å². The maximum absolute atomic E-state index is 12.4. The van der Waals surface area contributed by atoms with Gasteiger partial charge in [0.1, 0.15) is 5.75 Å². The van der Waals surface area contributed by atoms with Gasteiger partial charge < -0.3 is 15.0 Å². The van der Waals surface area contributed by atoms with Crippen molar-refractivity contribution in [1.29, 1.82) is 0 Å². The van der Waals surface area contributed by atoms with E-state index in [-0.39, 0.29) is 11.9 Å². The fourth-order valence-corrected chi connectivity index (χ4v) is 2.45. The maximum atomic E-state index is 12.4. The molecule has 0 spiro atoms. The molecule has 1 unspecified atom stereocenters. The summed E-state index contributed by atoms with van der Waals surface area (Å²) in [4.78, 5) is 14.4. The molecular weight excluding hydrogens is 292 g/mol. The molecule has 1 heterocycles. The van der Waals surface area contributed by atoms with Crippen LogP contribution in [0.4, 0.5) is 0 Å². The number of hydrogen-bond acceptors (Lipinski definition) is 4. The number of likely N-dealkylation sites (N-methyl/N-ethyl adjacent to an activating group) is 1. The first-order valence-electron chi connectivity index (χ1n) is 7.51. The van der Waals surface area contributed by atoms with Crippen molar-refractivity contribution in [3.8, 4) is 5.75 Å².